The third-order valence-corrected chi connectivity index (χ3v) is 2.85. The molecule has 0 saturated heterocycles. The Morgan fingerprint density at radius 2 is 2.14 bits per heavy atom. The molecule has 0 spiro atoms. The highest BCUT2D eigenvalue weighted by molar-refractivity contribution is 6.11. The molecule has 0 aliphatic carbocycles. The first kappa shape index (κ1) is 12.7. The summed E-state index contributed by atoms with van der Waals surface area (Å²) in [6.07, 6.45) is 7.91. The van der Waals surface area contributed by atoms with Crippen molar-refractivity contribution in [3.05, 3.63) is 48.7 Å². The van der Waals surface area contributed by atoms with E-state index in [9.17, 15) is 4.79 Å². The van der Waals surface area contributed by atoms with Crippen LogP contribution in [0.5, 0.6) is 0 Å². The summed E-state index contributed by atoms with van der Waals surface area (Å²) in [5.74, 6) is -0.337. The molecule has 0 saturated carbocycles. The average molecular weight is 281 g/mol. The van der Waals surface area contributed by atoms with Crippen molar-refractivity contribution in [1.29, 1.82) is 5.41 Å². The molecule has 3 heterocycles. The van der Waals surface area contributed by atoms with E-state index in [1.165, 1.54) is 0 Å². The molecule has 0 aromatic carbocycles. The van der Waals surface area contributed by atoms with Crippen molar-refractivity contribution in [3.8, 4) is 5.82 Å². The normalized spacial score (nSPS) is 10.5. The molecule has 3 aromatic heterocycles. The van der Waals surface area contributed by atoms with Crippen molar-refractivity contribution in [3.63, 3.8) is 0 Å². The molecule has 0 unspecified atom stereocenters. The summed E-state index contributed by atoms with van der Waals surface area (Å²) < 4.78 is 1.66. The fraction of sp³-hybridized carbons (Fsp3) is 0. The first-order chi connectivity index (χ1) is 10.2. The largest absolute Gasteiger partial charge is 0.370 e. The Balaban J connectivity index is 2.19. The Bertz CT molecular complexity index is 825. The van der Waals surface area contributed by atoms with Crippen molar-refractivity contribution in [2.45, 2.75) is 0 Å². The molecule has 3 rings (SSSR count). The van der Waals surface area contributed by atoms with E-state index in [0.717, 1.165) is 0 Å². The number of nitrogens with two attached hydrogens (primary N) is 1. The number of nitrogens with one attached hydrogen (secondary N) is 2. The van der Waals surface area contributed by atoms with Gasteiger partial charge in [-0.05, 0) is 12.1 Å². The lowest BCUT2D eigenvalue weighted by atomic mass is 10.2. The fourth-order valence-electron chi connectivity index (χ4n) is 2.02. The maximum absolute atomic E-state index is 12.1. The van der Waals surface area contributed by atoms with Crippen LogP contribution in [-0.2, 0) is 0 Å². The molecule has 3 aromatic rings. The van der Waals surface area contributed by atoms with Crippen LogP contribution in [0, 0.1) is 5.41 Å². The van der Waals surface area contributed by atoms with Crippen molar-refractivity contribution in [2.24, 2.45) is 5.73 Å². The van der Waals surface area contributed by atoms with Gasteiger partial charge in [0.15, 0.2) is 11.8 Å². The SMILES string of the molecule is N=C(N)NC(=O)c1cn(-c2cnccn2)c2ncccc12. The Morgan fingerprint density at radius 1 is 1.29 bits per heavy atom. The lowest BCUT2D eigenvalue weighted by molar-refractivity contribution is 0.0978. The number of hydrogen-bond acceptors (Lipinski definition) is 5. The number of pyridine rings is 1. The van der Waals surface area contributed by atoms with Crippen LogP contribution in [-0.4, -0.2) is 31.4 Å². The molecule has 8 heteroatoms. The Hall–Kier alpha value is -3.29. The summed E-state index contributed by atoms with van der Waals surface area (Å²) in [6.45, 7) is 0. The highest BCUT2D eigenvalue weighted by Crippen LogP contribution is 2.21. The average Bonchev–Trinajstić information content (AvgIpc) is 2.87. The predicted octanol–water partition coefficient (Wildman–Crippen LogP) is 0.439. The molecule has 104 valence electrons. The molecule has 8 nitrogen and oxygen atoms in total. The molecule has 0 bridgehead atoms. The quantitative estimate of drug-likeness (QED) is 0.464. The van der Waals surface area contributed by atoms with Gasteiger partial charge in [-0.1, -0.05) is 0 Å². The molecule has 0 fully saturated rings. The zero-order valence-corrected chi connectivity index (χ0v) is 10.8. The standard InChI is InChI=1S/C13H11N7O/c14-13(15)19-12(21)9-7-20(10-6-16-4-5-17-10)11-8(9)2-1-3-18-11/h1-7H,(H4,14,15,19,21). The Morgan fingerprint density at radius 3 is 2.86 bits per heavy atom. The van der Waals surface area contributed by atoms with Gasteiger partial charge in [-0.25, -0.2) is 9.97 Å². The predicted molar refractivity (Wildman–Crippen MR) is 76.0 cm³/mol. The molecular weight excluding hydrogens is 270 g/mol. The third-order valence-electron chi connectivity index (χ3n) is 2.85. The topological polar surface area (TPSA) is 123 Å². The zero-order chi connectivity index (χ0) is 14.8. The zero-order valence-electron chi connectivity index (χ0n) is 10.8. The molecule has 1 amide bonds. The highest BCUT2D eigenvalue weighted by atomic mass is 16.1. The Labute approximate surface area is 119 Å². The van der Waals surface area contributed by atoms with Gasteiger partial charge in [0.05, 0.1) is 11.8 Å². The number of nitrogens with zero attached hydrogens (tertiary/aromatic N) is 4. The highest BCUT2D eigenvalue weighted by Gasteiger charge is 2.17. The van der Waals surface area contributed by atoms with Gasteiger partial charge in [-0.15, -0.1) is 0 Å². The van der Waals surface area contributed by atoms with Crippen LogP contribution in [0.4, 0.5) is 0 Å². The summed E-state index contributed by atoms with van der Waals surface area (Å²) >= 11 is 0. The molecule has 0 aliphatic rings. The van der Waals surface area contributed by atoms with E-state index in [2.05, 4.69) is 20.3 Å². The second-order valence-electron chi connectivity index (χ2n) is 4.22. The molecular formula is C13H11N7O. The monoisotopic (exact) mass is 281 g/mol. The maximum Gasteiger partial charge on any atom is 0.260 e. The van der Waals surface area contributed by atoms with E-state index in [1.54, 1.807) is 47.7 Å². The van der Waals surface area contributed by atoms with Gasteiger partial charge in [-0.3, -0.25) is 25.1 Å². The second-order valence-corrected chi connectivity index (χ2v) is 4.22. The number of fused-ring (bicyclic) bond motifs is 1. The summed E-state index contributed by atoms with van der Waals surface area (Å²) in [5.41, 5.74) is 6.14. The van der Waals surface area contributed by atoms with Crippen LogP contribution >= 0.6 is 0 Å². The Kier molecular flexibility index (Phi) is 3.03. The van der Waals surface area contributed by atoms with Crippen LogP contribution < -0.4 is 11.1 Å². The van der Waals surface area contributed by atoms with E-state index in [-0.39, 0.29) is 0 Å². The van der Waals surface area contributed by atoms with Crippen LogP contribution in [0.15, 0.2) is 43.1 Å². The summed E-state index contributed by atoms with van der Waals surface area (Å²) in [5, 5.41) is 10.1. The molecule has 0 aliphatic heterocycles. The number of hydrogen-bond donors (Lipinski definition) is 3. The number of rotatable bonds is 2. The van der Waals surface area contributed by atoms with Gasteiger partial charge in [0.25, 0.3) is 5.91 Å². The van der Waals surface area contributed by atoms with Crippen molar-refractivity contribution in [2.75, 3.05) is 0 Å². The van der Waals surface area contributed by atoms with E-state index in [1.807, 2.05) is 0 Å². The maximum atomic E-state index is 12.1. The smallest absolute Gasteiger partial charge is 0.260 e. The summed E-state index contributed by atoms with van der Waals surface area (Å²) in [7, 11) is 0. The first-order valence-electron chi connectivity index (χ1n) is 6.04. The number of amides is 1. The third kappa shape index (κ3) is 2.29. The van der Waals surface area contributed by atoms with Crippen LogP contribution in [0.1, 0.15) is 10.4 Å². The van der Waals surface area contributed by atoms with Gasteiger partial charge in [0.2, 0.25) is 0 Å². The van der Waals surface area contributed by atoms with Crippen LogP contribution in [0.2, 0.25) is 0 Å². The summed E-state index contributed by atoms with van der Waals surface area (Å²) in [4.78, 5) is 24.6. The van der Waals surface area contributed by atoms with Gasteiger partial charge in [0, 0.05) is 30.2 Å². The molecule has 21 heavy (non-hydrogen) atoms. The first-order valence-corrected chi connectivity index (χ1v) is 6.04. The number of carbonyl (C=O) groups is 1. The van der Waals surface area contributed by atoms with Crippen molar-refractivity contribution < 1.29 is 4.79 Å². The molecule has 0 radical (unpaired) electrons. The minimum Gasteiger partial charge on any atom is -0.370 e. The van der Waals surface area contributed by atoms with Crippen molar-refractivity contribution in [1.82, 2.24) is 24.8 Å². The molecule has 0 atom stereocenters. The van der Waals surface area contributed by atoms with Crippen LogP contribution in [0.25, 0.3) is 16.9 Å². The minimum atomic E-state index is -0.469. The summed E-state index contributed by atoms with van der Waals surface area (Å²) in [6, 6.07) is 3.50. The van der Waals surface area contributed by atoms with Gasteiger partial charge in [-0.2, -0.15) is 0 Å². The lowest BCUT2D eigenvalue weighted by Crippen LogP contribution is -2.35. The van der Waals surface area contributed by atoms with Gasteiger partial charge >= 0.3 is 0 Å². The van der Waals surface area contributed by atoms with E-state index >= 15 is 0 Å². The van der Waals surface area contributed by atoms with Gasteiger partial charge in [0.1, 0.15) is 5.65 Å². The second kappa shape index (κ2) is 5.00. The molecule has 4 N–H and O–H groups in total. The van der Waals surface area contributed by atoms with Crippen molar-refractivity contribution >= 4 is 22.9 Å². The van der Waals surface area contributed by atoms with E-state index in [0.29, 0.717) is 22.4 Å². The van der Waals surface area contributed by atoms with E-state index in [4.69, 9.17) is 11.1 Å². The fourth-order valence-corrected chi connectivity index (χ4v) is 2.02. The lowest BCUT2D eigenvalue weighted by Gasteiger charge is -2.01. The van der Waals surface area contributed by atoms with Gasteiger partial charge < -0.3 is 5.73 Å². The van der Waals surface area contributed by atoms with Crippen LogP contribution in [0.3, 0.4) is 0 Å². The minimum absolute atomic E-state index is 0.360. The number of aromatic nitrogens is 4. The number of carbonyl (C=O) groups excluding carboxylic acids is 1. The van der Waals surface area contributed by atoms with E-state index < -0.39 is 11.9 Å². The number of guanidine groups is 1.